The number of hydrogen-bond donors (Lipinski definition) is 1. The molecule has 0 aliphatic carbocycles. The molecule has 0 amide bonds. The van der Waals surface area contributed by atoms with Crippen LogP contribution in [0.15, 0.2) is 5.51 Å². The molecule has 1 fully saturated rings. The van der Waals surface area contributed by atoms with Gasteiger partial charge in [-0.2, -0.15) is 0 Å². The van der Waals surface area contributed by atoms with Gasteiger partial charge in [-0.05, 0) is 13.3 Å². The van der Waals surface area contributed by atoms with Crippen LogP contribution >= 0.6 is 11.3 Å². The van der Waals surface area contributed by atoms with Crippen LogP contribution in [0.4, 0.5) is 0 Å². The van der Waals surface area contributed by atoms with Crippen molar-refractivity contribution in [2.75, 3.05) is 32.7 Å². The Hall–Kier alpha value is -0.450. The van der Waals surface area contributed by atoms with Crippen LogP contribution in [0.1, 0.15) is 10.6 Å². The van der Waals surface area contributed by atoms with Gasteiger partial charge in [0, 0.05) is 37.6 Å². The van der Waals surface area contributed by atoms with Gasteiger partial charge in [-0.25, -0.2) is 4.98 Å². The Morgan fingerprint density at radius 3 is 2.93 bits per heavy atom. The van der Waals surface area contributed by atoms with Crippen molar-refractivity contribution in [3.8, 4) is 0 Å². The van der Waals surface area contributed by atoms with Gasteiger partial charge in [0.15, 0.2) is 0 Å². The van der Waals surface area contributed by atoms with E-state index in [2.05, 4.69) is 22.1 Å². The summed E-state index contributed by atoms with van der Waals surface area (Å²) < 4.78 is 0. The lowest BCUT2D eigenvalue weighted by Crippen LogP contribution is -2.44. The molecule has 2 rings (SSSR count). The van der Waals surface area contributed by atoms with Gasteiger partial charge in [-0.15, -0.1) is 11.3 Å². The van der Waals surface area contributed by atoms with Crippen molar-refractivity contribution >= 4 is 11.3 Å². The van der Waals surface area contributed by atoms with E-state index in [9.17, 15) is 0 Å². The van der Waals surface area contributed by atoms with Gasteiger partial charge in [0.1, 0.15) is 0 Å². The Morgan fingerprint density at radius 2 is 2.29 bits per heavy atom. The molecule has 2 heterocycles. The molecule has 78 valence electrons. The number of aromatic nitrogens is 1. The summed E-state index contributed by atoms with van der Waals surface area (Å²) in [5.74, 6) is 0. The molecule has 0 bridgehead atoms. The zero-order valence-corrected chi connectivity index (χ0v) is 9.44. The molecule has 0 radical (unpaired) electrons. The van der Waals surface area contributed by atoms with Gasteiger partial charge in [0.2, 0.25) is 0 Å². The van der Waals surface area contributed by atoms with Crippen molar-refractivity contribution in [2.45, 2.75) is 13.3 Å². The van der Waals surface area contributed by atoms with E-state index in [1.54, 1.807) is 11.3 Å². The van der Waals surface area contributed by atoms with E-state index in [0.29, 0.717) is 0 Å². The fourth-order valence-corrected chi connectivity index (χ4v) is 2.53. The first-order valence-corrected chi connectivity index (χ1v) is 6.06. The van der Waals surface area contributed by atoms with E-state index in [-0.39, 0.29) is 0 Å². The third kappa shape index (κ3) is 2.53. The highest BCUT2D eigenvalue weighted by Crippen LogP contribution is 2.13. The summed E-state index contributed by atoms with van der Waals surface area (Å²) >= 11 is 1.78. The Labute approximate surface area is 89.1 Å². The maximum absolute atomic E-state index is 4.27. The van der Waals surface area contributed by atoms with Gasteiger partial charge in [-0.1, -0.05) is 0 Å². The maximum atomic E-state index is 4.27. The molecular weight excluding hydrogens is 194 g/mol. The lowest BCUT2D eigenvalue weighted by atomic mass is 10.2. The SMILES string of the molecule is Cc1ncsc1CCN1CCNCC1. The molecular formula is C10H17N3S. The predicted molar refractivity (Wildman–Crippen MR) is 59.9 cm³/mol. The molecule has 4 heteroatoms. The average molecular weight is 211 g/mol. The number of thiazole rings is 1. The Balaban J connectivity index is 1.79. The van der Waals surface area contributed by atoms with Crippen LogP contribution in [0.3, 0.4) is 0 Å². The molecule has 0 atom stereocenters. The molecule has 1 aromatic heterocycles. The van der Waals surface area contributed by atoms with Gasteiger partial charge < -0.3 is 10.2 Å². The Morgan fingerprint density at radius 1 is 1.50 bits per heavy atom. The summed E-state index contributed by atoms with van der Waals surface area (Å²) in [7, 11) is 0. The predicted octanol–water partition coefficient (Wildman–Crippen LogP) is 0.899. The van der Waals surface area contributed by atoms with Crippen LogP contribution in [-0.2, 0) is 6.42 Å². The average Bonchev–Trinajstić information content (AvgIpc) is 2.63. The molecule has 1 aromatic rings. The second-order valence-corrected chi connectivity index (χ2v) is 4.64. The second kappa shape index (κ2) is 4.87. The highest BCUT2D eigenvalue weighted by Gasteiger charge is 2.10. The first-order valence-electron chi connectivity index (χ1n) is 5.18. The summed E-state index contributed by atoms with van der Waals surface area (Å²) in [5, 5.41) is 3.37. The van der Waals surface area contributed by atoms with E-state index < -0.39 is 0 Å². The summed E-state index contributed by atoms with van der Waals surface area (Å²) in [6, 6.07) is 0. The highest BCUT2D eigenvalue weighted by atomic mass is 32.1. The van der Waals surface area contributed by atoms with E-state index in [1.807, 2.05) is 5.51 Å². The molecule has 0 saturated carbocycles. The molecule has 1 aliphatic rings. The normalized spacial score (nSPS) is 18.6. The molecule has 0 spiro atoms. The first kappa shape index (κ1) is 10.1. The minimum absolute atomic E-state index is 1.14. The molecule has 1 N–H and O–H groups in total. The summed E-state index contributed by atoms with van der Waals surface area (Å²) in [6.45, 7) is 7.95. The number of piperazine rings is 1. The molecule has 0 unspecified atom stereocenters. The third-order valence-corrected chi connectivity index (χ3v) is 3.70. The van der Waals surface area contributed by atoms with E-state index in [0.717, 1.165) is 19.5 Å². The van der Waals surface area contributed by atoms with Crippen LogP contribution in [0.5, 0.6) is 0 Å². The molecule has 3 nitrogen and oxygen atoms in total. The number of rotatable bonds is 3. The summed E-state index contributed by atoms with van der Waals surface area (Å²) in [5.41, 5.74) is 3.16. The van der Waals surface area contributed by atoms with Crippen LogP contribution in [0.2, 0.25) is 0 Å². The molecule has 1 saturated heterocycles. The number of hydrogen-bond acceptors (Lipinski definition) is 4. The molecule has 14 heavy (non-hydrogen) atoms. The van der Waals surface area contributed by atoms with Crippen molar-refractivity contribution in [3.63, 3.8) is 0 Å². The monoisotopic (exact) mass is 211 g/mol. The first-order chi connectivity index (χ1) is 6.86. The summed E-state index contributed by atoms with van der Waals surface area (Å²) in [4.78, 5) is 8.24. The summed E-state index contributed by atoms with van der Waals surface area (Å²) in [6.07, 6.45) is 1.16. The third-order valence-electron chi connectivity index (χ3n) is 2.71. The number of nitrogens with zero attached hydrogens (tertiary/aromatic N) is 2. The van der Waals surface area contributed by atoms with Gasteiger partial charge in [0.05, 0.1) is 11.2 Å². The van der Waals surface area contributed by atoms with E-state index >= 15 is 0 Å². The van der Waals surface area contributed by atoms with Gasteiger partial charge in [0.25, 0.3) is 0 Å². The Bertz CT molecular complexity index is 279. The van der Waals surface area contributed by atoms with E-state index in [1.165, 1.54) is 30.2 Å². The van der Waals surface area contributed by atoms with E-state index in [4.69, 9.17) is 0 Å². The maximum Gasteiger partial charge on any atom is 0.0797 e. The van der Waals surface area contributed by atoms with Crippen molar-refractivity contribution in [1.29, 1.82) is 0 Å². The van der Waals surface area contributed by atoms with Crippen LogP contribution in [0.25, 0.3) is 0 Å². The van der Waals surface area contributed by atoms with Crippen LogP contribution in [-0.4, -0.2) is 42.6 Å². The van der Waals surface area contributed by atoms with Crippen molar-refractivity contribution in [1.82, 2.24) is 15.2 Å². The number of aryl methyl sites for hydroxylation is 1. The molecule has 1 aliphatic heterocycles. The van der Waals surface area contributed by atoms with Crippen molar-refractivity contribution < 1.29 is 0 Å². The fraction of sp³-hybridized carbons (Fsp3) is 0.700. The van der Waals surface area contributed by atoms with Gasteiger partial charge >= 0.3 is 0 Å². The number of nitrogens with one attached hydrogen (secondary N) is 1. The minimum Gasteiger partial charge on any atom is -0.314 e. The topological polar surface area (TPSA) is 28.2 Å². The van der Waals surface area contributed by atoms with Crippen LogP contribution in [0, 0.1) is 6.92 Å². The lowest BCUT2D eigenvalue weighted by molar-refractivity contribution is 0.244. The molecule has 0 aromatic carbocycles. The fourth-order valence-electron chi connectivity index (χ4n) is 1.76. The standard InChI is InChI=1S/C10H17N3S/c1-9-10(14-8-12-9)2-5-13-6-3-11-4-7-13/h8,11H,2-7H2,1H3. The minimum atomic E-state index is 1.14. The van der Waals surface area contributed by atoms with Crippen molar-refractivity contribution in [2.24, 2.45) is 0 Å². The van der Waals surface area contributed by atoms with Crippen molar-refractivity contribution in [3.05, 3.63) is 16.1 Å². The quantitative estimate of drug-likeness (QED) is 0.805. The zero-order chi connectivity index (χ0) is 9.80. The van der Waals surface area contributed by atoms with Gasteiger partial charge in [-0.3, -0.25) is 0 Å². The van der Waals surface area contributed by atoms with Crippen LogP contribution < -0.4 is 5.32 Å². The zero-order valence-electron chi connectivity index (χ0n) is 8.62. The largest absolute Gasteiger partial charge is 0.314 e. The highest BCUT2D eigenvalue weighted by molar-refractivity contribution is 7.09. The Kier molecular flexibility index (Phi) is 3.50. The second-order valence-electron chi connectivity index (χ2n) is 3.70. The smallest absolute Gasteiger partial charge is 0.0797 e. The lowest BCUT2D eigenvalue weighted by Gasteiger charge is -2.26.